The number of nitrogens with one attached hydrogen (secondary N) is 1. The van der Waals surface area contributed by atoms with Crippen LogP contribution in [0.5, 0.6) is 0 Å². The molecule has 0 saturated carbocycles. The van der Waals surface area contributed by atoms with Gasteiger partial charge in [-0.3, -0.25) is 0 Å². The average molecular weight is 250 g/mol. The Morgan fingerprint density at radius 2 is 1.79 bits per heavy atom. The maximum atomic E-state index is 4.73. The molecule has 0 unspecified atom stereocenters. The maximum absolute atomic E-state index is 4.73. The van der Waals surface area contributed by atoms with E-state index in [-0.39, 0.29) is 5.41 Å². The highest BCUT2D eigenvalue weighted by Gasteiger charge is 2.26. The van der Waals surface area contributed by atoms with E-state index in [2.05, 4.69) is 56.1 Å². The Morgan fingerprint density at radius 3 is 2.53 bits per heavy atom. The first kappa shape index (κ1) is 12.0. The molecule has 3 aromatic rings. The van der Waals surface area contributed by atoms with Crippen LogP contribution in [0.3, 0.4) is 0 Å². The largest absolute Gasteiger partial charge is 0.341 e. The van der Waals surface area contributed by atoms with E-state index in [1.165, 1.54) is 11.1 Å². The standard InChI is InChI=1S/C17H18N2/c1-12-7-6-8-13(11-12)17(2,3)16-18-14-9-4-5-10-15(14)19-16/h4-11H,1-3H3,(H,18,19). The Hall–Kier alpha value is -2.09. The summed E-state index contributed by atoms with van der Waals surface area (Å²) in [4.78, 5) is 8.18. The number of hydrogen-bond donors (Lipinski definition) is 1. The van der Waals surface area contributed by atoms with Crippen molar-refractivity contribution >= 4 is 11.0 Å². The van der Waals surface area contributed by atoms with Crippen LogP contribution in [0.4, 0.5) is 0 Å². The van der Waals surface area contributed by atoms with Crippen molar-refractivity contribution in [1.29, 1.82) is 0 Å². The van der Waals surface area contributed by atoms with Crippen LogP contribution in [0.25, 0.3) is 11.0 Å². The van der Waals surface area contributed by atoms with Crippen molar-refractivity contribution in [2.45, 2.75) is 26.2 Å². The first-order valence-corrected chi connectivity index (χ1v) is 6.60. The molecule has 1 heterocycles. The van der Waals surface area contributed by atoms with Gasteiger partial charge in [0.2, 0.25) is 0 Å². The third-order valence-electron chi connectivity index (χ3n) is 3.72. The molecule has 0 bridgehead atoms. The number of aromatic nitrogens is 2. The molecule has 0 aliphatic rings. The van der Waals surface area contributed by atoms with Gasteiger partial charge in [-0.25, -0.2) is 4.98 Å². The fourth-order valence-corrected chi connectivity index (χ4v) is 2.42. The first-order valence-electron chi connectivity index (χ1n) is 6.60. The zero-order chi connectivity index (χ0) is 13.5. The van der Waals surface area contributed by atoms with Gasteiger partial charge in [0, 0.05) is 5.41 Å². The molecule has 0 atom stereocenters. The molecule has 0 amide bonds. The van der Waals surface area contributed by atoms with Crippen molar-refractivity contribution in [3.8, 4) is 0 Å². The molecule has 1 aromatic heterocycles. The van der Waals surface area contributed by atoms with Gasteiger partial charge in [-0.2, -0.15) is 0 Å². The summed E-state index contributed by atoms with van der Waals surface area (Å²) in [5.41, 5.74) is 4.56. The van der Waals surface area contributed by atoms with Crippen molar-refractivity contribution < 1.29 is 0 Å². The predicted octanol–water partition coefficient (Wildman–Crippen LogP) is 4.20. The Balaban J connectivity index is 2.13. The number of benzene rings is 2. The molecule has 2 aromatic carbocycles. The number of aryl methyl sites for hydroxylation is 1. The molecular formula is C17H18N2. The normalized spacial score (nSPS) is 11.9. The number of para-hydroxylation sites is 2. The molecule has 1 N–H and O–H groups in total. The molecule has 19 heavy (non-hydrogen) atoms. The van der Waals surface area contributed by atoms with Gasteiger partial charge in [0.25, 0.3) is 0 Å². The zero-order valence-electron chi connectivity index (χ0n) is 11.6. The summed E-state index contributed by atoms with van der Waals surface area (Å²) in [6.45, 7) is 6.54. The number of fused-ring (bicyclic) bond motifs is 1. The van der Waals surface area contributed by atoms with Crippen LogP contribution in [0, 0.1) is 6.92 Å². The van der Waals surface area contributed by atoms with E-state index in [9.17, 15) is 0 Å². The van der Waals surface area contributed by atoms with Crippen LogP contribution in [-0.2, 0) is 5.41 Å². The van der Waals surface area contributed by atoms with Gasteiger partial charge in [0.15, 0.2) is 0 Å². The SMILES string of the molecule is Cc1cccc(C(C)(C)c2nc3ccccc3[nH]2)c1. The monoisotopic (exact) mass is 250 g/mol. The summed E-state index contributed by atoms with van der Waals surface area (Å²) < 4.78 is 0. The summed E-state index contributed by atoms with van der Waals surface area (Å²) in [7, 11) is 0. The van der Waals surface area contributed by atoms with Crippen LogP contribution >= 0.6 is 0 Å². The van der Waals surface area contributed by atoms with Crippen LogP contribution in [-0.4, -0.2) is 9.97 Å². The average Bonchev–Trinajstić information content (AvgIpc) is 2.83. The minimum absolute atomic E-state index is 0.120. The first-order chi connectivity index (χ1) is 9.07. The molecule has 0 aliphatic carbocycles. The second-order valence-electron chi connectivity index (χ2n) is 5.60. The lowest BCUT2D eigenvalue weighted by molar-refractivity contribution is 0.600. The Labute approximate surface area is 113 Å². The highest BCUT2D eigenvalue weighted by Crippen LogP contribution is 2.31. The van der Waals surface area contributed by atoms with Gasteiger partial charge in [-0.05, 0) is 38.5 Å². The van der Waals surface area contributed by atoms with E-state index in [1.807, 2.05) is 18.2 Å². The van der Waals surface area contributed by atoms with Crippen molar-refractivity contribution in [3.05, 3.63) is 65.5 Å². The molecule has 2 heteroatoms. The molecule has 96 valence electrons. The van der Waals surface area contributed by atoms with Crippen molar-refractivity contribution in [3.63, 3.8) is 0 Å². The van der Waals surface area contributed by atoms with Gasteiger partial charge in [0.05, 0.1) is 11.0 Å². The molecule has 0 spiro atoms. The molecule has 0 fully saturated rings. The van der Waals surface area contributed by atoms with Gasteiger partial charge in [-0.15, -0.1) is 0 Å². The minimum atomic E-state index is -0.120. The Bertz CT molecular complexity index is 690. The highest BCUT2D eigenvalue weighted by molar-refractivity contribution is 5.75. The maximum Gasteiger partial charge on any atom is 0.117 e. The summed E-state index contributed by atoms with van der Waals surface area (Å²) in [6, 6.07) is 16.8. The molecule has 0 radical (unpaired) electrons. The third-order valence-corrected chi connectivity index (χ3v) is 3.72. The fraction of sp³-hybridized carbons (Fsp3) is 0.235. The summed E-state index contributed by atoms with van der Waals surface area (Å²) in [5.74, 6) is 1.01. The van der Waals surface area contributed by atoms with E-state index in [4.69, 9.17) is 4.98 Å². The smallest absolute Gasteiger partial charge is 0.117 e. The summed E-state index contributed by atoms with van der Waals surface area (Å²) >= 11 is 0. The topological polar surface area (TPSA) is 28.7 Å². The predicted molar refractivity (Wildman–Crippen MR) is 79.4 cm³/mol. The van der Waals surface area contributed by atoms with E-state index >= 15 is 0 Å². The highest BCUT2D eigenvalue weighted by atomic mass is 14.9. The van der Waals surface area contributed by atoms with E-state index in [1.54, 1.807) is 0 Å². The lowest BCUT2D eigenvalue weighted by atomic mass is 9.83. The quantitative estimate of drug-likeness (QED) is 0.725. The second-order valence-corrected chi connectivity index (χ2v) is 5.60. The number of nitrogens with zero attached hydrogens (tertiary/aromatic N) is 1. The Morgan fingerprint density at radius 1 is 1.00 bits per heavy atom. The van der Waals surface area contributed by atoms with Crippen LogP contribution < -0.4 is 0 Å². The van der Waals surface area contributed by atoms with Gasteiger partial charge in [0.1, 0.15) is 5.82 Å². The molecule has 2 nitrogen and oxygen atoms in total. The van der Waals surface area contributed by atoms with Crippen molar-refractivity contribution in [1.82, 2.24) is 9.97 Å². The number of imidazole rings is 1. The fourth-order valence-electron chi connectivity index (χ4n) is 2.42. The summed E-state index contributed by atoms with van der Waals surface area (Å²) in [6.07, 6.45) is 0. The molecular weight excluding hydrogens is 232 g/mol. The van der Waals surface area contributed by atoms with E-state index in [0.717, 1.165) is 16.9 Å². The Kier molecular flexibility index (Phi) is 2.67. The van der Waals surface area contributed by atoms with Crippen LogP contribution in [0.15, 0.2) is 48.5 Å². The molecule has 3 rings (SSSR count). The number of rotatable bonds is 2. The third kappa shape index (κ3) is 2.03. The number of hydrogen-bond acceptors (Lipinski definition) is 1. The van der Waals surface area contributed by atoms with Gasteiger partial charge < -0.3 is 4.98 Å². The van der Waals surface area contributed by atoms with Crippen molar-refractivity contribution in [2.24, 2.45) is 0 Å². The van der Waals surface area contributed by atoms with Gasteiger partial charge >= 0.3 is 0 Å². The number of aromatic amines is 1. The van der Waals surface area contributed by atoms with Crippen molar-refractivity contribution in [2.75, 3.05) is 0 Å². The summed E-state index contributed by atoms with van der Waals surface area (Å²) in [5, 5.41) is 0. The van der Waals surface area contributed by atoms with E-state index in [0.29, 0.717) is 0 Å². The minimum Gasteiger partial charge on any atom is -0.341 e. The van der Waals surface area contributed by atoms with Gasteiger partial charge in [-0.1, -0.05) is 42.0 Å². The molecule has 0 aliphatic heterocycles. The second kappa shape index (κ2) is 4.23. The lowest BCUT2D eigenvalue weighted by Gasteiger charge is -2.23. The van der Waals surface area contributed by atoms with Crippen LogP contribution in [0.2, 0.25) is 0 Å². The zero-order valence-corrected chi connectivity index (χ0v) is 11.6. The lowest BCUT2D eigenvalue weighted by Crippen LogP contribution is -2.20. The molecule has 0 saturated heterocycles. The van der Waals surface area contributed by atoms with E-state index < -0.39 is 0 Å². The van der Waals surface area contributed by atoms with Crippen LogP contribution in [0.1, 0.15) is 30.8 Å². The number of H-pyrrole nitrogens is 1.